The molecule has 9 heteroatoms. The van der Waals surface area contributed by atoms with Crippen LogP contribution in [0.3, 0.4) is 0 Å². The van der Waals surface area contributed by atoms with E-state index in [2.05, 4.69) is 27.9 Å². The number of amides is 4. The zero-order valence-electron chi connectivity index (χ0n) is 16.4. The van der Waals surface area contributed by atoms with Crippen molar-refractivity contribution in [2.45, 2.75) is 20.0 Å². The van der Waals surface area contributed by atoms with Gasteiger partial charge in [0, 0.05) is 0 Å². The lowest BCUT2D eigenvalue weighted by Gasteiger charge is -2.26. The summed E-state index contributed by atoms with van der Waals surface area (Å²) in [5, 5.41) is 11.6. The van der Waals surface area contributed by atoms with Crippen LogP contribution in [0.4, 0.5) is 10.5 Å². The third-order valence-corrected chi connectivity index (χ3v) is 4.93. The Morgan fingerprint density at radius 3 is 2.40 bits per heavy atom. The molecule has 30 heavy (non-hydrogen) atoms. The number of phenols is 1. The van der Waals surface area contributed by atoms with Crippen LogP contribution in [0, 0.1) is 3.57 Å². The van der Waals surface area contributed by atoms with Crippen LogP contribution in [0.15, 0.2) is 42.0 Å². The molecule has 0 aromatic heterocycles. The Hall–Kier alpha value is -3.08. The molecule has 0 radical (unpaired) electrons. The first-order valence-electron chi connectivity index (χ1n) is 8.96. The van der Waals surface area contributed by atoms with Crippen molar-refractivity contribution in [3.8, 4) is 17.2 Å². The number of methoxy groups -OCH3 is 1. The average Bonchev–Trinajstić information content (AvgIpc) is 2.68. The third-order valence-electron chi connectivity index (χ3n) is 4.13. The Kier molecular flexibility index (Phi) is 6.30. The summed E-state index contributed by atoms with van der Waals surface area (Å²) in [5.41, 5.74) is 0.547. The quantitative estimate of drug-likeness (QED) is 0.354. The number of benzene rings is 2. The molecule has 1 aliphatic heterocycles. The van der Waals surface area contributed by atoms with Crippen LogP contribution in [-0.2, 0) is 9.59 Å². The highest BCUT2D eigenvalue weighted by atomic mass is 127. The first kappa shape index (κ1) is 21.6. The molecule has 0 aliphatic carbocycles. The molecule has 2 aromatic rings. The number of nitrogens with one attached hydrogen (secondary N) is 1. The summed E-state index contributed by atoms with van der Waals surface area (Å²) in [7, 11) is 1.50. The van der Waals surface area contributed by atoms with Crippen molar-refractivity contribution < 1.29 is 29.0 Å². The van der Waals surface area contributed by atoms with Crippen molar-refractivity contribution in [2.75, 3.05) is 12.0 Å². The molecule has 3 rings (SSSR count). The molecule has 4 amide bonds. The lowest BCUT2D eigenvalue weighted by molar-refractivity contribution is -0.122. The molecule has 0 unspecified atom stereocenters. The molecule has 1 aliphatic rings. The number of anilines is 1. The Balaban J connectivity index is 2.02. The topological polar surface area (TPSA) is 105 Å². The number of nitrogens with zero attached hydrogens (tertiary/aromatic N) is 1. The molecule has 0 saturated carbocycles. The number of aromatic hydroxyl groups is 1. The van der Waals surface area contributed by atoms with Gasteiger partial charge in [-0.2, -0.15) is 0 Å². The van der Waals surface area contributed by atoms with Crippen LogP contribution in [0.25, 0.3) is 6.08 Å². The molecule has 0 spiro atoms. The van der Waals surface area contributed by atoms with Gasteiger partial charge in [0.15, 0.2) is 11.5 Å². The zero-order valence-corrected chi connectivity index (χ0v) is 18.6. The van der Waals surface area contributed by atoms with Crippen molar-refractivity contribution in [3.63, 3.8) is 0 Å². The molecular formula is C21H19IN2O6. The minimum atomic E-state index is -0.860. The fourth-order valence-electron chi connectivity index (χ4n) is 2.83. The largest absolute Gasteiger partial charge is 0.508 e. The second-order valence-corrected chi connectivity index (χ2v) is 7.84. The van der Waals surface area contributed by atoms with E-state index in [1.54, 1.807) is 12.1 Å². The number of ether oxygens (including phenoxy) is 2. The van der Waals surface area contributed by atoms with Crippen LogP contribution in [0.2, 0.25) is 0 Å². The number of carbonyl (C=O) groups is 3. The van der Waals surface area contributed by atoms with E-state index < -0.39 is 17.8 Å². The first-order valence-corrected chi connectivity index (χ1v) is 10.0. The number of phenolic OH excluding ortho intramolecular Hbond substituents is 1. The minimum Gasteiger partial charge on any atom is -0.508 e. The summed E-state index contributed by atoms with van der Waals surface area (Å²) < 4.78 is 11.9. The molecule has 0 bridgehead atoms. The zero-order chi connectivity index (χ0) is 22.0. The van der Waals surface area contributed by atoms with E-state index >= 15 is 0 Å². The van der Waals surface area contributed by atoms with E-state index in [1.807, 2.05) is 13.8 Å². The maximum Gasteiger partial charge on any atom is 0.335 e. The van der Waals surface area contributed by atoms with Gasteiger partial charge < -0.3 is 14.6 Å². The van der Waals surface area contributed by atoms with Gasteiger partial charge in [0.1, 0.15) is 11.3 Å². The van der Waals surface area contributed by atoms with Crippen molar-refractivity contribution in [2.24, 2.45) is 0 Å². The van der Waals surface area contributed by atoms with Gasteiger partial charge in [-0.3, -0.25) is 14.9 Å². The minimum absolute atomic E-state index is 0.0131. The Bertz CT molecular complexity index is 1050. The van der Waals surface area contributed by atoms with Gasteiger partial charge >= 0.3 is 6.03 Å². The second kappa shape index (κ2) is 8.74. The average molecular weight is 522 g/mol. The highest BCUT2D eigenvalue weighted by Gasteiger charge is 2.36. The number of carbonyl (C=O) groups excluding carboxylic acids is 3. The first-order chi connectivity index (χ1) is 14.2. The molecule has 2 aromatic carbocycles. The van der Waals surface area contributed by atoms with Gasteiger partial charge in [0.05, 0.1) is 22.5 Å². The highest BCUT2D eigenvalue weighted by molar-refractivity contribution is 14.1. The van der Waals surface area contributed by atoms with Crippen LogP contribution >= 0.6 is 22.6 Å². The predicted molar refractivity (Wildman–Crippen MR) is 119 cm³/mol. The van der Waals surface area contributed by atoms with E-state index in [-0.39, 0.29) is 23.1 Å². The second-order valence-electron chi connectivity index (χ2n) is 6.67. The van der Waals surface area contributed by atoms with E-state index in [0.717, 1.165) is 8.47 Å². The van der Waals surface area contributed by atoms with Crippen molar-refractivity contribution >= 4 is 52.2 Å². The number of imide groups is 2. The highest BCUT2D eigenvalue weighted by Crippen LogP contribution is 2.35. The molecule has 8 nitrogen and oxygen atoms in total. The molecule has 156 valence electrons. The number of hydrogen-bond acceptors (Lipinski definition) is 6. The van der Waals surface area contributed by atoms with Crippen LogP contribution in [-0.4, -0.2) is 36.2 Å². The van der Waals surface area contributed by atoms with E-state index in [0.29, 0.717) is 17.1 Å². The summed E-state index contributed by atoms with van der Waals surface area (Å²) in [6, 6.07) is 8.03. The van der Waals surface area contributed by atoms with E-state index in [1.165, 1.54) is 37.5 Å². The normalized spacial score (nSPS) is 15.6. The molecule has 0 atom stereocenters. The van der Waals surface area contributed by atoms with Gasteiger partial charge in [-0.25, -0.2) is 9.69 Å². The van der Waals surface area contributed by atoms with Gasteiger partial charge in [-0.1, -0.05) is 0 Å². The Morgan fingerprint density at radius 1 is 1.13 bits per heavy atom. The van der Waals surface area contributed by atoms with E-state index in [9.17, 15) is 19.5 Å². The van der Waals surface area contributed by atoms with Gasteiger partial charge in [-0.05, 0) is 84.5 Å². The summed E-state index contributed by atoms with van der Waals surface area (Å²) in [5.74, 6) is -0.559. The van der Waals surface area contributed by atoms with Crippen molar-refractivity contribution in [1.82, 2.24) is 5.32 Å². The maximum absolute atomic E-state index is 12.9. The summed E-state index contributed by atoms with van der Waals surface area (Å²) >= 11 is 2.08. The summed E-state index contributed by atoms with van der Waals surface area (Å²) in [6.45, 7) is 3.79. The monoisotopic (exact) mass is 522 g/mol. The van der Waals surface area contributed by atoms with Gasteiger partial charge in [0.25, 0.3) is 11.8 Å². The summed E-state index contributed by atoms with van der Waals surface area (Å²) in [4.78, 5) is 38.4. The number of hydrogen-bond donors (Lipinski definition) is 2. The fraction of sp³-hybridized carbons (Fsp3) is 0.190. The number of urea groups is 1. The number of rotatable bonds is 5. The lowest BCUT2D eigenvalue weighted by atomic mass is 10.1. The molecular weight excluding hydrogens is 503 g/mol. The molecule has 1 saturated heterocycles. The van der Waals surface area contributed by atoms with Crippen LogP contribution in [0.1, 0.15) is 19.4 Å². The Morgan fingerprint density at radius 2 is 1.80 bits per heavy atom. The maximum atomic E-state index is 12.9. The molecule has 1 heterocycles. The van der Waals surface area contributed by atoms with Crippen molar-refractivity contribution in [1.29, 1.82) is 0 Å². The van der Waals surface area contributed by atoms with Crippen LogP contribution < -0.4 is 19.7 Å². The van der Waals surface area contributed by atoms with Crippen LogP contribution in [0.5, 0.6) is 17.2 Å². The number of barbiturate groups is 1. The SMILES string of the molecule is COc1cc(/C=C2\C(=O)NC(=O)N(c3ccc(O)cc3)C2=O)cc(I)c1OC(C)C. The lowest BCUT2D eigenvalue weighted by Crippen LogP contribution is -2.54. The number of halogens is 1. The van der Waals surface area contributed by atoms with E-state index in [4.69, 9.17) is 9.47 Å². The third kappa shape index (κ3) is 4.40. The van der Waals surface area contributed by atoms with Gasteiger partial charge in [-0.15, -0.1) is 0 Å². The van der Waals surface area contributed by atoms with Gasteiger partial charge in [0.2, 0.25) is 0 Å². The predicted octanol–water partition coefficient (Wildman–Crippen LogP) is 3.46. The smallest absolute Gasteiger partial charge is 0.335 e. The van der Waals surface area contributed by atoms with Crippen molar-refractivity contribution in [3.05, 3.63) is 51.1 Å². The molecule has 1 fully saturated rings. The standard InChI is InChI=1S/C21H19IN2O6/c1-11(2)30-18-16(22)9-12(10-17(18)29-3)8-15-19(26)23-21(28)24(20(15)27)13-4-6-14(25)7-5-13/h4-11,25H,1-3H3,(H,23,26,28)/b15-8+. The Labute approximate surface area is 186 Å². The molecule has 2 N–H and O–H groups in total. The summed E-state index contributed by atoms with van der Waals surface area (Å²) in [6.07, 6.45) is 1.33. The fourth-order valence-corrected chi connectivity index (χ4v) is 3.59.